The lowest BCUT2D eigenvalue weighted by molar-refractivity contribution is 0.102. The molecule has 3 N–H and O–H groups in total. The van der Waals surface area contributed by atoms with Crippen LogP contribution in [0.3, 0.4) is 0 Å². The van der Waals surface area contributed by atoms with Crippen LogP contribution >= 0.6 is 15.9 Å². The number of aromatic nitrogens is 3. The van der Waals surface area contributed by atoms with Crippen molar-refractivity contribution in [1.29, 1.82) is 0 Å². The zero-order chi connectivity index (χ0) is 17.1. The Morgan fingerprint density at radius 2 is 2.00 bits per heavy atom. The van der Waals surface area contributed by atoms with Crippen molar-refractivity contribution in [2.45, 2.75) is 13.5 Å². The Morgan fingerprint density at radius 1 is 1.25 bits per heavy atom. The quantitative estimate of drug-likeness (QED) is 0.721. The van der Waals surface area contributed by atoms with E-state index in [0.29, 0.717) is 12.2 Å². The highest BCUT2D eigenvalue weighted by molar-refractivity contribution is 9.10. The van der Waals surface area contributed by atoms with Crippen molar-refractivity contribution in [1.82, 2.24) is 15.0 Å². The molecule has 24 heavy (non-hydrogen) atoms. The highest BCUT2D eigenvalue weighted by atomic mass is 79.9. The Labute approximate surface area is 147 Å². The van der Waals surface area contributed by atoms with E-state index in [1.165, 1.54) is 4.68 Å². The highest BCUT2D eigenvalue weighted by Gasteiger charge is 2.17. The summed E-state index contributed by atoms with van der Waals surface area (Å²) in [5, 5.41) is 10.7. The van der Waals surface area contributed by atoms with Gasteiger partial charge in [-0.15, -0.1) is 5.10 Å². The zero-order valence-electron chi connectivity index (χ0n) is 13.0. The normalized spacial score (nSPS) is 10.6. The molecule has 0 unspecified atom stereocenters. The van der Waals surface area contributed by atoms with E-state index in [-0.39, 0.29) is 17.4 Å². The average Bonchev–Trinajstić information content (AvgIpc) is 2.91. The maximum atomic E-state index is 12.3. The molecule has 0 aliphatic carbocycles. The number of nitrogens with zero attached hydrogens (tertiary/aromatic N) is 3. The van der Waals surface area contributed by atoms with Gasteiger partial charge in [0.15, 0.2) is 11.5 Å². The van der Waals surface area contributed by atoms with E-state index >= 15 is 0 Å². The van der Waals surface area contributed by atoms with E-state index in [1.54, 1.807) is 0 Å². The molecule has 2 aromatic carbocycles. The Balaban J connectivity index is 1.76. The second-order valence-electron chi connectivity index (χ2n) is 5.43. The molecule has 0 saturated heterocycles. The molecule has 6 nitrogen and oxygen atoms in total. The Bertz CT molecular complexity index is 873. The number of hydrogen-bond acceptors (Lipinski definition) is 4. The van der Waals surface area contributed by atoms with Crippen LogP contribution in [-0.4, -0.2) is 20.9 Å². The lowest BCUT2D eigenvalue weighted by Crippen LogP contribution is -2.15. The number of nitrogens with two attached hydrogens (primary N) is 1. The molecule has 3 rings (SSSR count). The first-order valence-electron chi connectivity index (χ1n) is 7.34. The van der Waals surface area contributed by atoms with Gasteiger partial charge in [0.25, 0.3) is 5.91 Å². The molecule has 0 saturated carbocycles. The summed E-state index contributed by atoms with van der Waals surface area (Å²) in [5.41, 5.74) is 8.92. The number of nitrogen functional groups attached to an aromatic ring is 1. The molecule has 0 aliphatic rings. The summed E-state index contributed by atoms with van der Waals surface area (Å²) in [5.74, 6) is -0.136. The second kappa shape index (κ2) is 6.84. The van der Waals surface area contributed by atoms with Crippen LogP contribution in [0.4, 0.5) is 11.5 Å². The number of amides is 1. The molecule has 0 radical (unpaired) electrons. The Morgan fingerprint density at radius 3 is 2.71 bits per heavy atom. The van der Waals surface area contributed by atoms with E-state index in [2.05, 4.69) is 31.6 Å². The molecule has 0 fully saturated rings. The summed E-state index contributed by atoms with van der Waals surface area (Å²) in [6.07, 6.45) is 0. The number of nitrogens with one attached hydrogen (secondary N) is 1. The standard InChI is InChI=1S/C17H16BrN5O/c1-11-3-2-4-14(9-11)20-17(24)15-16(19)23(22-21-15)10-12-5-7-13(18)8-6-12/h2-9H,10,19H2,1H3,(H,20,24). The van der Waals surface area contributed by atoms with Crippen LogP contribution in [0.2, 0.25) is 0 Å². The van der Waals surface area contributed by atoms with Crippen molar-refractivity contribution in [3.05, 3.63) is 69.8 Å². The summed E-state index contributed by atoms with van der Waals surface area (Å²) in [6.45, 7) is 2.41. The van der Waals surface area contributed by atoms with Gasteiger partial charge in [0.2, 0.25) is 0 Å². The van der Waals surface area contributed by atoms with E-state index in [4.69, 9.17) is 5.73 Å². The van der Waals surface area contributed by atoms with Gasteiger partial charge in [0, 0.05) is 10.2 Å². The average molecular weight is 386 g/mol. The SMILES string of the molecule is Cc1cccc(NC(=O)c2nnn(Cc3ccc(Br)cc3)c2N)c1. The predicted molar refractivity (Wildman–Crippen MR) is 96.8 cm³/mol. The first-order valence-corrected chi connectivity index (χ1v) is 8.13. The molecule has 0 aliphatic heterocycles. The zero-order valence-corrected chi connectivity index (χ0v) is 14.6. The fourth-order valence-corrected chi connectivity index (χ4v) is 2.54. The maximum Gasteiger partial charge on any atom is 0.280 e. The molecular formula is C17H16BrN5O. The maximum absolute atomic E-state index is 12.3. The first-order chi connectivity index (χ1) is 11.5. The van der Waals surface area contributed by atoms with E-state index in [9.17, 15) is 4.79 Å². The van der Waals surface area contributed by atoms with Crippen molar-refractivity contribution < 1.29 is 4.79 Å². The van der Waals surface area contributed by atoms with Gasteiger partial charge in [-0.05, 0) is 42.3 Å². The predicted octanol–water partition coefficient (Wildman–Crippen LogP) is 3.23. The lowest BCUT2D eigenvalue weighted by Gasteiger charge is -2.06. The van der Waals surface area contributed by atoms with Gasteiger partial charge in [-0.2, -0.15) is 0 Å². The van der Waals surface area contributed by atoms with E-state index in [1.807, 2.05) is 55.5 Å². The first kappa shape index (κ1) is 16.2. The topological polar surface area (TPSA) is 85.8 Å². The minimum atomic E-state index is -0.375. The molecule has 0 atom stereocenters. The van der Waals surface area contributed by atoms with E-state index < -0.39 is 0 Å². The number of benzene rings is 2. The van der Waals surface area contributed by atoms with Crippen LogP contribution < -0.4 is 11.1 Å². The van der Waals surface area contributed by atoms with Crippen LogP contribution in [0.25, 0.3) is 0 Å². The smallest absolute Gasteiger partial charge is 0.280 e. The molecular weight excluding hydrogens is 370 g/mol. The minimum Gasteiger partial charge on any atom is -0.382 e. The van der Waals surface area contributed by atoms with Crippen molar-refractivity contribution in [2.75, 3.05) is 11.1 Å². The van der Waals surface area contributed by atoms with Gasteiger partial charge in [0.05, 0.1) is 6.54 Å². The molecule has 7 heteroatoms. The molecule has 0 spiro atoms. The van der Waals surface area contributed by atoms with Crippen LogP contribution in [-0.2, 0) is 6.54 Å². The van der Waals surface area contributed by atoms with E-state index in [0.717, 1.165) is 15.6 Å². The van der Waals surface area contributed by atoms with Crippen molar-refractivity contribution in [3.63, 3.8) is 0 Å². The third-order valence-electron chi connectivity index (χ3n) is 3.51. The van der Waals surface area contributed by atoms with Crippen LogP contribution in [0.1, 0.15) is 21.6 Å². The fourth-order valence-electron chi connectivity index (χ4n) is 2.27. The third kappa shape index (κ3) is 3.62. The molecule has 122 valence electrons. The van der Waals surface area contributed by atoms with Gasteiger partial charge in [0.1, 0.15) is 0 Å². The Kier molecular flexibility index (Phi) is 4.61. The summed E-state index contributed by atoms with van der Waals surface area (Å²) >= 11 is 3.39. The van der Waals surface area contributed by atoms with Gasteiger partial charge < -0.3 is 11.1 Å². The van der Waals surface area contributed by atoms with Gasteiger partial charge >= 0.3 is 0 Å². The molecule has 1 aromatic heterocycles. The number of aryl methyl sites for hydroxylation is 1. The second-order valence-corrected chi connectivity index (χ2v) is 6.35. The number of rotatable bonds is 4. The third-order valence-corrected chi connectivity index (χ3v) is 4.04. The summed E-state index contributed by atoms with van der Waals surface area (Å²) in [7, 11) is 0. The number of carbonyl (C=O) groups is 1. The minimum absolute atomic E-state index is 0.119. The number of carbonyl (C=O) groups excluding carboxylic acids is 1. The van der Waals surface area contributed by atoms with Crippen LogP contribution in [0.15, 0.2) is 53.0 Å². The number of hydrogen-bond donors (Lipinski definition) is 2. The Hall–Kier alpha value is -2.67. The number of anilines is 2. The molecule has 1 amide bonds. The summed E-state index contributed by atoms with van der Waals surface area (Å²) in [4.78, 5) is 12.3. The van der Waals surface area contributed by atoms with Crippen LogP contribution in [0.5, 0.6) is 0 Å². The molecule has 1 heterocycles. The summed E-state index contributed by atoms with van der Waals surface area (Å²) < 4.78 is 2.50. The van der Waals surface area contributed by atoms with Gasteiger partial charge in [-0.3, -0.25) is 4.79 Å². The molecule has 3 aromatic rings. The number of halogens is 1. The highest BCUT2D eigenvalue weighted by Crippen LogP contribution is 2.16. The largest absolute Gasteiger partial charge is 0.382 e. The molecule has 0 bridgehead atoms. The summed E-state index contributed by atoms with van der Waals surface area (Å²) in [6, 6.07) is 15.3. The lowest BCUT2D eigenvalue weighted by atomic mass is 10.2. The fraction of sp³-hybridized carbons (Fsp3) is 0.118. The van der Waals surface area contributed by atoms with Gasteiger partial charge in [-0.1, -0.05) is 45.4 Å². The van der Waals surface area contributed by atoms with Crippen molar-refractivity contribution in [3.8, 4) is 0 Å². The van der Waals surface area contributed by atoms with Crippen LogP contribution in [0, 0.1) is 6.92 Å². The van der Waals surface area contributed by atoms with Gasteiger partial charge in [-0.25, -0.2) is 4.68 Å². The monoisotopic (exact) mass is 385 g/mol. The van der Waals surface area contributed by atoms with Crippen molar-refractivity contribution in [2.24, 2.45) is 0 Å². The van der Waals surface area contributed by atoms with Crippen molar-refractivity contribution >= 4 is 33.3 Å².